The third-order valence-electron chi connectivity index (χ3n) is 6.17. The fourth-order valence-electron chi connectivity index (χ4n) is 4.57. The molecule has 6 nitrogen and oxygen atoms in total. The summed E-state index contributed by atoms with van der Waals surface area (Å²) < 4.78 is 5.09. The number of methoxy groups -OCH3 is 1. The molecular formula is C24H30O6. The van der Waals surface area contributed by atoms with Gasteiger partial charge in [0.15, 0.2) is 23.0 Å². The number of benzene rings is 2. The van der Waals surface area contributed by atoms with E-state index >= 15 is 0 Å². The molecule has 30 heavy (non-hydrogen) atoms. The van der Waals surface area contributed by atoms with Crippen LogP contribution in [-0.2, 0) is 16.6 Å². The Hall–Kier alpha value is -2.73. The van der Waals surface area contributed by atoms with Crippen molar-refractivity contribution in [1.29, 1.82) is 0 Å². The molecule has 0 saturated heterocycles. The van der Waals surface area contributed by atoms with Crippen LogP contribution >= 0.6 is 0 Å². The van der Waals surface area contributed by atoms with Crippen LogP contribution in [0.3, 0.4) is 0 Å². The predicted octanol–water partition coefficient (Wildman–Crippen LogP) is 3.97. The summed E-state index contributed by atoms with van der Waals surface area (Å²) in [6.07, 6.45) is 4.43. The van der Waals surface area contributed by atoms with E-state index in [1.165, 1.54) is 13.2 Å². The lowest BCUT2D eigenvalue weighted by molar-refractivity contribution is -0.121. The smallest absolute Gasteiger partial charge is 0.160 e. The third-order valence-corrected chi connectivity index (χ3v) is 6.17. The summed E-state index contributed by atoms with van der Waals surface area (Å²) in [6, 6.07) is 9.87. The normalized spacial score (nSPS) is 16.3. The molecule has 3 rings (SSSR count). The van der Waals surface area contributed by atoms with Gasteiger partial charge in [-0.2, -0.15) is 0 Å². The summed E-state index contributed by atoms with van der Waals surface area (Å²) in [4.78, 5) is 12.4. The van der Waals surface area contributed by atoms with Crippen molar-refractivity contribution in [3.05, 3.63) is 47.5 Å². The first-order valence-electron chi connectivity index (χ1n) is 10.4. The second-order valence-electron chi connectivity index (χ2n) is 8.30. The summed E-state index contributed by atoms with van der Waals surface area (Å²) in [5, 5.41) is 39.8. The Kier molecular flexibility index (Phi) is 6.87. The number of aromatic hydroxyl groups is 3. The maximum absolute atomic E-state index is 12.4. The van der Waals surface area contributed by atoms with E-state index in [0.29, 0.717) is 25.0 Å². The number of rotatable bonds is 9. The molecule has 0 spiro atoms. The number of carbonyl (C=O) groups excluding carboxylic acids is 1. The molecule has 1 aliphatic carbocycles. The highest BCUT2D eigenvalue weighted by Crippen LogP contribution is 2.46. The van der Waals surface area contributed by atoms with Gasteiger partial charge in [-0.1, -0.05) is 25.0 Å². The molecule has 0 amide bonds. The van der Waals surface area contributed by atoms with E-state index in [4.69, 9.17) is 4.74 Å². The van der Waals surface area contributed by atoms with E-state index < -0.39 is 6.10 Å². The minimum Gasteiger partial charge on any atom is -0.504 e. The SMILES string of the molecule is COc1cc(CCC(=O)C[C@H](O)CC2(c3ccc(O)c(O)c3)CCCC2)ccc1O. The van der Waals surface area contributed by atoms with Gasteiger partial charge >= 0.3 is 0 Å². The van der Waals surface area contributed by atoms with Gasteiger partial charge in [-0.25, -0.2) is 0 Å². The van der Waals surface area contributed by atoms with Gasteiger partial charge < -0.3 is 25.2 Å². The Balaban J connectivity index is 1.59. The van der Waals surface area contributed by atoms with Crippen molar-refractivity contribution >= 4 is 5.78 Å². The summed E-state index contributed by atoms with van der Waals surface area (Å²) in [5.41, 5.74) is 1.51. The molecular weight excluding hydrogens is 384 g/mol. The van der Waals surface area contributed by atoms with Gasteiger partial charge in [0.1, 0.15) is 5.78 Å². The predicted molar refractivity (Wildman–Crippen MR) is 113 cm³/mol. The fourth-order valence-corrected chi connectivity index (χ4v) is 4.57. The average Bonchev–Trinajstić information content (AvgIpc) is 3.18. The Morgan fingerprint density at radius 2 is 1.73 bits per heavy atom. The first kappa shape index (κ1) is 22.0. The van der Waals surface area contributed by atoms with Crippen molar-refractivity contribution < 1.29 is 30.0 Å². The first-order valence-corrected chi connectivity index (χ1v) is 10.4. The second kappa shape index (κ2) is 9.39. The van der Waals surface area contributed by atoms with Gasteiger partial charge in [0.25, 0.3) is 0 Å². The van der Waals surface area contributed by atoms with Crippen molar-refractivity contribution in [3.8, 4) is 23.0 Å². The molecule has 1 saturated carbocycles. The third kappa shape index (κ3) is 5.05. The van der Waals surface area contributed by atoms with E-state index in [9.17, 15) is 25.2 Å². The van der Waals surface area contributed by atoms with Gasteiger partial charge in [-0.3, -0.25) is 4.79 Å². The van der Waals surface area contributed by atoms with Gasteiger partial charge in [0.05, 0.1) is 13.2 Å². The molecule has 0 aliphatic heterocycles. The summed E-state index contributed by atoms with van der Waals surface area (Å²) in [5.74, 6) is 0.101. The number of ketones is 1. The van der Waals surface area contributed by atoms with Gasteiger partial charge in [0.2, 0.25) is 0 Å². The summed E-state index contributed by atoms with van der Waals surface area (Å²) in [7, 11) is 1.48. The number of phenols is 3. The lowest BCUT2D eigenvalue weighted by Gasteiger charge is -2.32. The minimum absolute atomic E-state index is 0.0174. The number of aliphatic hydroxyl groups excluding tert-OH is 1. The van der Waals surface area contributed by atoms with Crippen molar-refractivity contribution in [1.82, 2.24) is 0 Å². The molecule has 0 aromatic heterocycles. The van der Waals surface area contributed by atoms with Crippen LogP contribution in [0.4, 0.5) is 0 Å². The zero-order valence-corrected chi connectivity index (χ0v) is 17.3. The molecule has 0 unspecified atom stereocenters. The number of carbonyl (C=O) groups is 1. The van der Waals surface area contributed by atoms with Crippen molar-refractivity contribution in [2.24, 2.45) is 0 Å². The number of aliphatic hydroxyl groups is 1. The van der Waals surface area contributed by atoms with Crippen LogP contribution in [0.15, 0.2) is 36.4 Å². The lowest BCUT2D eigenvalue weighted by atomic mass is 9.74. The molecule has 1 fully saturated rings. The molecule has 4 N–H and O–H groups in total. The molecule has 6 heteroatoms. The van der Waals surface area contributed by atoms with Crippen molar-refractivity contribution in [3.63, 3.8) is 0 Å². The van der Waals surface area contributed by atoms with E-state index in [1.54, 1.807) is 30.3 Å². The molecule has 2 aromatic rings. The van der Waals surface area contributed by atoms with Crippen LogP contribution in [0, 0.1) is 0 Å². The molecule has 0 radical (unpaired) electrons. The zero-order valence-electron chi connectivity index (χ0n) is 17.3. The van der Waals surface area contributed by atoms with Crippen LogP contribution < -0.4 is 4.74 Å². The standard InChI is InChI=1S/C24H30O6/c1-30-23-12-16(5-8-21(23)28)4-7-18(25)14-19(26)15-24(10-2-3-11-24)17-6-9-20(27)22(29)13-17/h5-6,8-9,12-13,19,26-29H,2-4,7,10-11,14-15H2,1H3/t19-/m0/s1. The van der Waals surface area contributed by atoms with Crippen molar-refractivity contribution in [2.75, 3.05) is 7.11 Å². The second-order valence-corrected chi connectivity index (χ2v) is 8.30. The number of ether oxygens (including phenoxy) is 1. The number of Topliss-reactive ketones (excluding diaryl/α,β-unsaturated/α-hetero) is 1. The maximum atomic E-state index is 12.4. The number of aryl methyl sites for hydroxylation is 1. The molecule has 1 aliphatic rings. The Labute approximate surface area is 176 Å². The average molecular weight is 414 g/mol. The first-order chi connectivity index (χ1) is 14.3. The van der Waals surface area contributed by atoms with Crippen molar-refractivity contribution in [2.45, 2.75) is 62.9 Å². The molecule has 2 aromatic carbocycles. The van der Waals surface area contributed by atoms with Crippen LogP contribution in [0.5, 0.6) is 23.0 Å². The highest BCUT2D eigenvalue weighted by molar-refractivity contribution is 5.79. The molecule has 0 bridgehead atoms. The van der Waals surface area contributed by atoms with Crippen LogP contribution in [-0.4, -0.2) is 39.4 Å². The van der Waals surface area contributed by atoms with E-state index in [2.05, 4.69) is 0 Å². The highest BCUT2D eigenvalue weighted by Gasteiger charge is 2.38. The molecule has 1 atom stereocenters. The van der Waals surface area contributed by atoms with Gasteiger partial charge in [-0.15, -0.1) is 0 Å². The monoisotopic (exact) mass is 414 g/mol. The highest BCUT2D eigenvalue weighted by atomic mass is 16.5. The Morgan fingerprint density at radius 1 is 1.03 bits per heavy atom. The Morgan fingerprint density at radius 3 is 2.40 bits per heavy atom. The summed E-state index contributed by atoms with van der Waals surface area (Å²) >= 11 is 0. The van der Waals surface area contributed by atoms with Crippen LogP contribution in [0.25, 0.3) is 0 Å². The van der Waals surface area contributed by atoms with Crippen LogP contribution in [0.2, 0.25) is 0 Å². The summed E-state index contributed by atoms with van der Waals surface area (Å²) in [6.45, 7) is 0. The molecule has 0 heterocycles. The van der Waals surface area contributed by atoms with Crippen LogP contribution in [0.1, 0.15) is 56.1 Å². The largest absolute Gasteiger partial charge is 0.504 e. The fraction of sp³-hybridized carbons (Fsp3) is 0.458. The Bertz CT molecular complexity index is 885. The number of phenolic OH excluding ortho intramolecular Hbond substituents is 3. The maximum Gasteiger partial charge on any atom is 0.160 e. The molecule has 162 valence electrons. The zero-order chi connectivity index (χ0) is 21.7. The van der Waals surface area contributed by atoms with Gasteiger partial charge in [0, 0.05) is 12.8 Å². The topological polar surface area (TPSA) is 107 Å². The van der Waals surface area contributed by atoms with E-state index in [-0.39, 0.29) is 34.9 Å². The van der Waals surface area contributed by atoms with Gasteiger partial charge in [-0.05, 0) is 66.5 Å². The quantitative estimate of drug-likeness (QED) is 0.463. The number of hydrogen-bond acceptors (Lipinski definition) is 6. The lowest BCUT2D eigenvalue weighted by Crippen LogP contribution is -2.29. The van der Waals surface area contributed by atoms with E-state index in [0.717, 1.165) is 36.8 Å². The minimum atomic E-state index is -0.763. The van der Waals surface area contributed by atoms with E-state index in [1.807, 2.05) is 0 Å². The number of hydrogen-bond donors (Lipinski definition) is 4.